The van der Waals surface area contributed by atoms with Gasteiger partial charge in [-0.05, 0) is 46.0 Å². The number of thiazole rings is 1. The van der Waals surface area contributed by atoms with Crippen LogP contribution in [-0.2, 0) is 14.3 Å². The fraction of sp³-hybridized carbons (Fsp3) is 0.765. The second-order valence-corrected chi connectivity index (χ2v) is 7.37. The summed E-state index contributed by atoms with van der Waals surface area (Å²) in [5.41, 5.74) is 1.03. The number of aromatic nitrogens is 1. The summed E-state index contributed by atoms with van der Waals surface area (Å²) >= 11 is 1.66. The summed E-state index contributed by atoms with van der Waals surface area (Å²) in [6.07, 6.45) is 5.07. The van der Waals surface area contributed by atoms with Crippen LogP contribution in [0.1, 0.15) is 55.8 Å². The van der Waals surface area contributed by atoms with Crippen molar-refractivity contribution in [1.82, 2.24) is 9.88 Å². The van der Waals surface area contributed by atoms with E-state index in [0.717, 1.165) is 56.0 Å². The summed E-state index contributed by atoms with van der Waals surface area (Å²) in [6, 6.07) is 0.115. The van der Waals surface area contributed by atoms with Crippen molar-refractivity contribution in [2.45, 2.75) is 64.2 Å². The maximum absolute atomic E-state index is 12.8. The van der Waals surface area contributed by atoms with E-state index in [0.29, 0.717) is 6.61 Å². The molecule has 3 atom stereocenters. The van der Waals surface area contributed by atoms with E-state index in [9.17, 15) is 4.79 Å². The summed E-state index contributed by atoms with van der Waals surface area (Å²) in [5, 5.41) is 3.12. The lowest BCUT2D eigenvalue weighted by Gasteiger charge is -2.36. The van der Waals surface area contributed by atoms with E-state index < -0.39 is 6.10 Å². The maximum atomic E-state index is 12.8. The van der Waals surface area contributed by atoms with Crippen molar-refractivity contribution >= 4 is 17.2 Å². The fourth-order valence-corrected chi connectivity index (χ4v) is 4.25. The molecule has 0 radical (unpaired) electrons. The number of piperidine rings is 1. The minimum atomic E-state index is -0.416. The molecule has 0 spiro atoms. The lowest BCUT2D eigenvalue weighted by atomic mass is 10.0. The molecule has 0 bridgehead atoms. The molecule has 128 valence electrons. The van der Waals surface area contributed by atoms with Gasteiger partial charge < -0.3 is 14.4 Å². The Labute approximate surface area is 142 Å². The Morgan fingerprint density at radius 2 is 2.35 bits per heavy atom. The van der Waals surface area contributed by atoms with E-state index in [1.807, 2.05) is 18.7 Å². The monoisotopic (exact) mass is 338 g/mol. The molecule has 3 rings (SSSR count). The Bertz CT molecular complexity index is 528. The van der Waals surface area contributed by atoms with E-state index in [2.05, 4.69) is 10.4 Å². The average molecular weight is 338 g/mol. The van der Waals surface area contributed by atoms with Gasteiger partial charge in [0.15, 0.2) is 0 Å². The second-order valence-electron chi connectivity index (χ2n) is 6.48. The zero-order valence-electron chi connectivity index (χ0n) is 14.0. The normalized spacial score (nSPS) is 26.4. The molecule has 0 saturated carbocycles. The molecular formula is C17H26N2O3S. The van der Waals surface area contributed by atoms with Crippen LogP contribution in [0, 0.1) is 6.92 Å². The number of likely N-dealkylation sites (tertiary alicyclic amines) is 1. The van der Waals surface area contributed by atoms with Gasteiger partial charge >= 0.3 is 0 Å². The number of hydrogen-bond donors (Lipinski definition) is 0. The first-order valence-electron chi connectivity index (χ1n) is 8.61. The SMILES string of the molecule is Cc1csc(C2CCCCN2C(=O)C(C)OCC2CCCO2)n1. The van der Waals surface area contributed by atoms with Crippen molar-refractivity contribution < 1.29 is 14.3 Å². The van der Waals surface area contributed by atoms with Crippen LogP contribution in [0.15, 0.2) is 5.38 Å². The van der Waals surface area contributed by atoms with Gasteiger partial charge in [-0.15, -0.1) is 11.3 Å². The summed E-state index contributed by atoms with van der Waals surface area (Å²) in [7, 11) is 0. The van der Waals surface area contributed by atoms with Crippen molar-refractivity contribution in [3.63, 3.8) is 0 Å². The number of hydrogen-bond acceptors (Lipinski definition) is 5. The molecule has 5 nitrogen and oxygen atoms in total. The third kappa shape index (κ3) is 4.11. The van der Waals surface area contributed by atoms with Gasteiger partial charge in [-0.2, -0.15) is 0 Å². The van der Waals surface area contributed by atoms with E-state index >= 15 is 0 Å². The van der Waals surface area contributed by atoms with Gasteiger partial charge in [0.2, 0.25) is 0 Å². The van der Waals surface area contributed by atoms with Gasteiger partial charge in [0.1, 0.15) is 11.1 Å². The minimum Gasteiger partial charge on any atom is -0.376 e. The Morgan fingerprint density at radius 1 is 1.48 bits per heavy atom. The van der Waals surface area contributed by atoms with Crippen molar-refractivity contribution in [3.05, 3.63) is 16.1 Å². The Balaban J connectivity index is 1.60. The predicted molar refractivity (Wildman–Crippen MR) is 89.5 cm³/mol. The van der Waals surface area contributed by atoms with Gasteiger partial charge in [-0.3, -0.25) is 4.79 Å². The summed E-state index contributed by atoms with van der Waals surface area (Å²) < 4.78 is 11.4. The number of rotatable bonds is 5. The van der Waals surface area contributed by atoms with E-state index in [1.54, 1.807) is 11.3 Å². The Hall–Kier alpha value is -0.980. The standard InChI is InChI=1S/C17H26N2O3S/c1-12-11-23-16(18-12)15-7-3-4-8-19(15)17(20)13(2)22-10-14-6-5-9-21-14/h11,13-15H,3-10H2,1-2H3. The molecule has 2 aliphatic rings. The molecule has 3 heterocycles. The molecule has 6 heteroatoms. The van der Waals surface area contributed by atoms with Crippen molar-refractivity contribution in [2.75, 3.05) is 19.8 Å². The molecule has 2 aliphatic heterocycles. The van der Waals surface area contributed by atoms with Crippen LogP contribution < -0.4 is 0 Å². The molecule has 0 N–H and O–H groups in total. The average Bonchev–Trinajstić information content (AvgIpc) is 3.23. The molecule has 2 saturated heterocycles. The van der Waals surface area contributed by atoms with Crippen LogP contribution in [0.2, 0.25) is 0 Å². The van der Waals surface area contributed by atoms with Crippen LogP contribution in [0.25, 0.3) is 0 Å². The molecule has 1 aromatic rings. The van der Waals surface area contributed by atoms with Gasteiger partial charge in [0.25, 0.3) is 5.91 Å². The first kappa shape index (κ1) is 16.9. The quantitative estimate of drug-likeness (QED) is 0.828. The van der Waals surface area contributed by atoms with Crippen LogP contribution in [0.3, 0.4) is 0 Å². The minimum absolute atomic E-state index is 0.0838. The van der Waals surface area contributed by atoms with Crippen LogP contribution in [0.4, 0.5) is 0 Å². The Morgan fingerprint density at radius 3 is 3.04 bits per heavy atom. The largest absolute Gasteiger partial charge is 0.376 e. The molecule has 2 fully saturated rings. The van der Waals surface area contributed by atoms with Crippen molar-refractivity contribution in [1.29, 1.82) is 0 Å². The number of amides is 1. The molecule has 0 aromatic carbocycles. The number of nitrogens with zero attached hydrogens (tertiary/aromatic N) is 2. The summed E-state index contributed by atoms with van der Waals surface area (Å²) in [4.78, 5) is 19.4. The lowest BCUT2D eigenvalue weighted by Crippen LogP contribution is -2.44. The van der Waals surface area contributed by atoms with E-state index in [1.165, 1.54) is 0 Å². The highest BCUT2D eigenvalue weighted by Crippen LogP contribution is 2.33. The second kappa shape index (κ2) is 7.73. The van der Waals surface area contributed by atoms with Crippen LogP contribution in [-0.4, -0.2) is 47.8 Å². The van der Waals surface area contributed by atoms with Crippen molar-refractivity contribution in [3.8, 4) is 0 Å². The fourth-order valence-electron chi connectivity index (χ4n) is 3.31. The molecule has 3 unspecified atom stereocenters. The zero-order valence-corrected chi connectivity index (χ0v) is 14.8. The molecule has 0 aliphatic carbocycles. The predicted octanol–water partition coefficient (Wildman–Crippen LogP) is 3.09. The topological polar surface area (TPSA) is 51.7 Å². The lowest BCUT2D eigenvalue weighted by molar-refractivity contribution is -0.148. The third-order valence-corrected chi connectivity index (χ3v) is 5.68. The van der Waals surface area contributed by atoms with Gasteiger partial charge in [-0.25, -0.2) is 4.98 Å². The van der Waals surface area contributed by atoms with Crippen molar-refractivity contribution in [2.24, 2.45) is 0 Å². The van der Waals surface area contributed by atoms with E-state index in [-0.39, 0.29) is 18.1 Å². The van der Waals surface area contributed by atoms with Crippen LogP contribution >= 0.6 is 11.3 Å². The first-order chi connectivity index (χ1) is 11.1. The Kier molecular flexibility index (Phi) is 5.67. The summed E-state index contributed by atoms with van der Waals surface area (Å²) in [5.74, 6) is 0.0838. The van der Waals surface area contributed by atoms with Gasteiger partial charge in [-0.1, -0.05) is 0 Å². The maximum Gasteiger partial charge on any atom is 0.252 e. The van der Waals surface area contributed by atoms with Gasteiger partial charge in [0.05, 0.1) is 18.8 Å². The molecule has 1 aromatic heterocycles. The molecule has 23 heavy (non-hydrogen) atoms. The number of aryl methyl sites for hydroxylation is 1. The number of carbonyl (C=O) groups is 1. The number of carbonyl (C=O) groups excluding carboxylic acids is 1. The highest BCUT2D eigenvalue weighted by molar-refractivity contribution is 7.09. The first-order valence-corrected chi connectivity index (χ1v) is 9.49. The summed E-state index contributed by atoms with van der Waals surface area (Å²) in [6.45, 7) is 5.99. The van der Waals surface area contributed by atoms with Gasteiger partial charge in [0, 0.05) is 24.2 Å². The zero-order chi connectivity index (χ0) is 16.2. The van der Waals surface area contributed by atoms with Crippen LogP contribution in [0.5, 0.6) is 0 Å². The highest BCUT2D eigenvalue weighted by Gasteiger charge is 2.33. The third-order valence-electron chi connectivity index (χ3n) is 4.61. The molecule has 1 amide bonds. The van der Waals surface area contributed by atoms with E-state index in [4.69, 9.17) is 9.47 Å². The highest BCUT2D eigenvalue weighted by atomic mass is 32.1. The molecular weight excluding hydrogens is 312 g/mol. The number of ether oxygens (including phenoxy) is 2. The smallest absolute Gasteiger partial charge is 0.252 e.